The highest BCUT2D eigenvalue weighted by Gasteiger charge is 2.25. The number of carbonyl (C=O) groups excluding carboxylic acids is 3. The minimum atomic E-state index is -0.694. The number of ketones is 1. The van der Waals surface area contributed by atoms with E-state index in [1.807, 2.05) is 6.92 Å². The number of primary amides is 1. The van der Waals surface area contributed by atoms with E-state index in [0.29, 0.717) is 19.5 Å². The maximum absolute atomic E-state index is 12.1. The van der Waals surface area contributed by atoms with Gasteiger partial charge in [0.05, 0.1) is 12.5 Å². The number of nitrogens with two attached hydrogens (primary N) is 1. The number of rotatable bonds is 14. The number of nitrogens with zero attached hydrogens (tertiary/aromatic N) is 2. The topological polar surface area (TPSA) is 117 Å². The second-order valence-electron chi connectivity index (χ2n) is 9.04. The fourth-order valence-electron chi connectivity index (χ4n) is 4.59. The number of hydrogen-bond acceptors (Lipinski definition) is 7. The van der Waals surface area contributed by atoms with Gasteiger partial charge in [-0.3, -0.25) is 9.59 Å². The minimum absolute atomic E-state index is 0.0600. The van der Waals surface area contributed by atoms with Crippen LogP contribution in [0.2, 0.25) is 0 Å². The molecule has 9 nitrogen and oxygen atoms in total. The van der Waals surface area contributed by atoms with E-state index in [0.717, 1.165) is 90.8 Å². The third-order valence-corrected chi connectivity index (χ3v) is 6.40. The van der Waals surface area contributed by atoms with Crippen LogP contribution in [0.25, 0.3) is 0 Å². The van der Waals surface area contributed by atoms with Crippen molar-refractivity contribution in [3.8, 4) is 0 Å². The van der Waals surface area contributed by atoms with Crippen LogP contribution in [0.3, 0.4) is 0 Å². The Morgan fingerprint density at radius 1 is 1.00 bits per heavy atom. The minimum Gasteiger partial charge on any atom is -0.446 e. The maximum atomic E-state index is 12.1. The average Bonchev–Trinajstić information content (AvgIpc) is 2.77. The van der Waals surface area contributed by atoms with Crippen LogP contribution in [-0.4, -0.2) is 92.6 Å². The van der Waals surface area contributed by atoms with E-state index in [1.54, 1.807) is 0 Å². The molecule has 0 bridgehead atoms. The number of hydrogen-bond donors (Lipinski definition) is 3. The molecule has 0 radical (unpaired) electrons. The lowest BCUT2D eigenvalue weighted by molar-refractivity contribution is -0.126. The van der Waals surface area contributed by atoms with E-state index in [9.17, 15) is 14.4 Å². The van der Waals surface area contributed by atoms with Crippen molar-refractivity contribution in [1.29, 1.82) is 0 Å². The van der Waals surface area contributed by atoms with Gasteiger partial charge >= 0.3 is 6.09 Å². The first-order valence-electron chi connectivity index (χ1n) is 12.4. The molecule has 2 aliphatic rings. The Morgan fingerprint density at radius 3 is 2.50 bits per heavy atom. The molecular weight excluding hydrogens is 410 g/mol. The number of ether oxygens (including phenoxy) is 1. The summed E-state index contributed by atoms with van der Waals surface area (Å²) in [6.45, 7) is 9.50. The summed E-state index contributed by atoms with van der Waals surface area (Å²) in [6.07, 6.45) is 6.64. The Hall–Kier alpha value is -1.71. The van der Waals surface area contributed by atoms with Crippen molar-refractivity contribution < 1.29 is 19.1 Å². The van der Waals surface area contributed by atoms with E-state index in [4.69, 9.17) is 10.5 Å². The van der Waals surface area contributed by atoms with Gasteiger partial charge in [-0.1, -0.05) is 6.42 Å². The van der Waals surface area contributed by atoms with Gasteiger partial charge in [0.1, 0.15) is 11.9 Å². The standard InChI is InChI=1S/C23H43N5O4/c1-2-26-22(30)19-7-6-13-28(18-19)12-5-3-4-8-20(29)17-25-11-16-27-14-9-21(10-15-27)32-23(24)31/h19,21,25H,2-18H2,1H3,(H2,24,31)(H,26,30). The van der Waals surface area contributed by atoms with Crippen LogP contribution in [-0.2, 0) is 14.3 Å². The number of Topliss-reactive ketones (excluding diaryl/α,β-unsaturated/α-hetero) is 1. The molecule has 1 unspecified atom stereocenters. The molecule has 0 saturated carbocycles. The zero-order chi connectivity index (χ0) is 23.2. The van der Waals surface area contributed by atoms with E-state index in [2.05, 4.69) is 20.4 Å². The number of piperidine rings is 2. The zero-order valence-corrected chi connectivity index (χ0v) is 19.8. The molecule has 32 heavy (non-hydrogen) atoms. The molecule has 2 heterocycles. The SMILES string of the molecule is CCNC(=O)C1CCCN(CCCCCC(=O)CNCCN2CCC(OC(N)=O)CC2)C1. The van der Waals surface area contributed by atoms with Gasteiger partial charge in [-0.15, -0.1) is 0 Å². The summed E-state index contributed by atoms with van der Waals surface area (Å²) in [4.78, 5) is 39.6. The van der Waals surface area contributed by atoms with Gasteiger partial charge in [-0.2, -0.15) is 0 Å². The molecule has 2 amide bonds. The summed E-state index contributed by atoms with van der Waals surface area (Å²) in [5.74, 6) is 0.593. The van der Waals surface area contributed by atoms with Gasteiger partial charge in [0.2, 0.25) is 5.91 Å². The highest BCUT2D eigenvalue weighted by molar-refractivity contribution is 5.80. The summed E-state index contributed by atoms with van der Waals surface area (Å²) in [6, 6.07) is 0. The Balaban J connectivity index is 1.43. The summed E-state index contributed by atoms with van der Waals surface area (Å²) in [7, 11) is 0. The first-order chi connectivity index (χ1) is 15.5. The predicted octanol–water partition coefficient (Wildman–Crippen LogP) is 1.11. The lowest BCUT2D eigenvalue weighted by Crippen LogP contribution is -2.43. The summed E-state index contributed by atoms with van der Waals surface area (Å²) in [5.41, 5.74) is 5.06. The van der Waals surface area contributed by atoms with Crippen molar-refractivity contribution in [2.75, 3.05) is 58.9 Å². The van der Waals surface area contributed by atoms with Crippen LogP contribution >= 0.6 is 0 Å². The Morgan fingerprint density at radius 2 is 1.78 bits per heavy atom. The van der Waals surface area contributed by atoms with Crippen molar-refractivity contribution in [1.82, 2.24) is 20.4 Å². The third kappa shape index (κ3) is 10.7. The van der Waals surface area contributed by atoms with Gasteiger partial charge < -0.3 is 30.9 Å². The Kier molecular flexibility index (Phi) is 12.6. The predicted molar refractivity (Wildman–Crippen MR) is 124 cm³/mol. The summed E-state index contributed by atoms with van der Waals surface area (Å²) >= 11 is 0. The highest BCUT2D eigenvalue weighted by atomic mass is 16.6. The third-order valence-electron chi connectivity index (χ3n) is 6.40. The fraction of sp³-hybridized carbons (Fsp3) is 0.870. The van der Waals surface area contributed by atoms with Gasteiger partial charge in [-0.25, -0.2) is 4.79 Å². The van der Waals surface area contributed by atoms with Crippen LogP contribution in [0.1, 0.15) is 58.3 Å². The largest absolute Gasteiger partial charge is 0.446 e. The molecular formula is C23H43N5O4. The van der Waals surface area contributed by atoms with Crippen molar-refractivity contribution in [2.24, 2.45) is 11.7 Å². The Bertz CT molecular complexity index is 581. The molecule has 0 aromatic rings. The lowest BCUT2D eigenvalue weighted by atomic mass is 9.97. The molecule has 9 heteroatoms. The molecule has 184 valence electrons. The molecule has 1 atom stereocenters. The molecule has 0 spiro atoms. The van der Waals surface area contributed by atoms with E-state index >= 15 is 0 Å². The van der Waals surface area contributed by atoms with Crippen LogP contribution in [0.5, 0.6) is 0 Å². The Labute approximate surface area is 192 Å². The number of carbonyl (C=O) groups is 3. The van der Waals surface area contributed by atoms with Crippen molar-refractivity contribution >= 4 is 17.8 Å². The van der Waals surface area contributed by atoms with Crippen molar-refractivity contribution in [2.45, 2.75) is 64.4 Å². The smallest absolute Gasteiger partial charge is 0.404 e. The summed E-state index contributed by atoms with van der Waals surface area (Å²) in [5, 5.41) is 6.19. The molecule has 2 rings (SSSR count). The van der Waals surface area contributed by atoms with Gasteiger partial charge in [0, 0.05) is 45.7 Å². The van der Waals surface area contributed by atoms with Crippen LogP contribution in [0.4, 0.5) is 4.79 Å². The van der Waals surface area contributed by atoms with Crippen LogP contribution in [0.15, 0.2) is 0 Å². The van der Waals surface area contributed by atoms with Crippen LogP contribution in [0, 0.1) is 5.92 Å². The lowest BCUT2D eigenvalue weighted by Gasteiger charge is -2.31. The highest BCUT2D eigenvalue weighted by Crippen LogP contribution is 2.17. The van der Waals surface area contributed by atoms with Gasteiger partial charge in [-0.05, 0) is 58.5 Å². The van der Waals surface area contributed by atoms with E-state index in [1.165, 1.54) is 0 Å². The van der Waals surface area contributed by atoms with E-state index in [-0.39, 0.29) is 23.7 Å². The molecule has 2 aliphatic heterocycles. The second-order valence-corrected chi connectivity index (χ2v) is 9.04. The number of unbranched alkanes of at least 4 members (excludes halogenated alkanes) is 2. The maximum Gasteiger partial charge on any atom is 0.404 e. The normalized spacial score (nSPS) is 20.7. The molecule has 2 saturated heterocycles. The number of nitrogens with one attached hydrogen (secondary N) is 2. The molecule has 2 fully saturated rings. The van der Waals surface area contributed by atoms with E-state index < -0.39 is 6.09 Å². The average molecular weight is 454 g/mol. The summed E-state index contributed by atoms with van der Waals surface area (Å²) < 4.78 is 5.04. The van der Waals surface area contributed by atoms with Gasteiger partial charge in [0.15, 0.2) is 0 Å². The second kappa shape index (κ2) is 15.2. The first kappa shape index (κ1) is 26.5. The molecule has 0 aromatic heterocycles. The quantitative estimate of drug-likeness (QED) is 0.337. The number of likely N-dealkylation sites (tertiary alicyclic amines) is 2. The molecule has 0 aromatic carbocycles. The van der Waals surface area contributed by atoms with Crippen molar-refractivity contribution in [3.05, 3.63) is 0 Å². The van der Waals surface area contributed by atoms with Gasteiger partial charge in [0.25, 0.3) is 0 Å². The number of amides is 2. The van der Waals surface area contributed by atoms with Crippen molar-refractivity contribution in [3.63, 3.8) is 0 Å². The first-order valence-corrected chi connectivity index (χ1v) is 12.4. The zero-order valence-electron chi connectivity index (χ0n) is 19.8. The molecule has 4 N–H and O–H groups in total. The molecule has 0 aliphatic carbocycles. The fourth-order valence-corrected chi connectivity index (χ4v) is 4.59. The van der Waals surface area contributed by atoms with Crippen LogP contribution < -0.4 is 16.4 Å². The monoisotopic (exact) mass is 453 g/mol.